The summed E-state index contributed by atoms with van der Waals surface area (Å²) >= 11 is 0. The van der Waals surface area contributed by atoms with Gasteiger partial charge in [0.1, 0.15) is 6.54 Å². The molecule has 1 heterocycles. The summed E-state index contributed by atoms with van der Waals surface area (Å²) in [6.07, 6.45) is -1.21. The molecule has 17 heavy (non-hydrogen) atoms. The first-order valence-corrected chi connectivity index (χ1v) is 5.31. The molecule has 0 bridgehead atoms. The highest BCUT2D eigenvalue weighted by atomic mass is 19.4. The molecule has 1 aromatic heterocycles. The molecule has 0 aliphatic heterocycles. The Kier molecular flexibility index (Phi) is 3.08. The average Bonchev–Trinajstić information content (AvgIpc) is 2.71. The summed E-state index contributed by atoms with van der Waals surface area (Å²) in [7, 11) is 0. The van der Waals surface area contributed by atoms with Gasteiger partial charge in [0.2, 0.25) is 5.91 Å². The van der Waals surface area contributed by atoms with E-state index in [1.165, 1.54) is 0 Å². The molecule has 0 fully saturated rings. The molecule has 0 aromatic carbocycles. The van der Waals surface area contributed by atoms with E-state index in [1.54, 1.807) is 6.33 Å². The van der Waals surface area contributed by atoms with Crippen LogP contribution in [-0.4, -0.2) is 28.6 Å². The van der Waals surface area contributed by atoms with Crippen molar-refractivity contribution in [2.45, 2.75) is 25.4 Å². The number of hydrogen-bond acceptors (Lipinski definition) is 2. The van der Waals surface area contributed by atoms with E-state index in [4.69, 9.17) is 0 Å². The molecule has 2 N–H and O–H groups in total. The van der Waals surface area contributed by atoms with Crippen LogP contribution < -0.4 is 5.32 Å². The molecule has 0 spiro atoms. The van der Waals surface area contributed by atoms with Gasteiger partial charge in [-0.2, -0.15) is 13.2 Å². The number of hydrogen-bond donors (Lipinski definition) is 2. The molecule has 1 aliphatic rings. The van der Waals surface area contributed by atoms with E-state index < -0.39 is 24.5 Å². The van der Waals surface area contributed by atoms with Crippen LogP contribution in [0.15, 0.2) is 6.33 Å². The van der Waals surface area contributed by atoms with E-state index in [0.717, 1.165) is 11.4 Å². The molecule has 7 heteroatoms. The molecular formula is C10H12F3N3O. The zero-order valence-corrected chi connectivity index (χ0v) is 8.97. The van der Waals surface area contributed by atoms with Crippen molar-refractivity contribution in [3.63, 3.8) is 0 Å². The van der Waals surface area contributed by atoms with Gasteiger partial charge >= 0.3 is 6.18 Å². The number of alkyl halides is 3. The maximum atomic E-state index is 11.9. The zero-order valence-electron chi connectivity index (χ0n) is 8.97. The molecule has 0 saturated heterocycles. The number of fused-ring (bicyclic) bond motifs is 1. The van der Waals surface area contributed by atoms with E-state index in [9.17, 15) is 18.0 Å². The smallest absolute Gasteiger partial charge is 0.348 e. The highest BCUT2D eigenvalue weighted by molar-refractivity contribution is 5.79. The zero-order chi connectivity index (χ0) is 12.5. The second kappa shape index (κ2) is 4.38. The SMILES string of the molecule is O=C(NCC(F)(F)F)[C@@H]1CCc2nc[nH]c2C1. The Morgan fingerprint density at radius 2 is 2.35 bits per heavy atom. The Hall–Kier alpha value is -1.53. The third-order valence-electron chi connectivity index (χ3n) is 2.82. The number of carbonyl (C=O) groups excluding carboxylic acids is 1. The van der Waals surface area contributed by atoms with Gasteiger partial charge < -0.3 is 10.3 Å². The lowest BCUT2D eigenvalue weighted by atomic mass is 9.89. The molecule has 94 valence electrons. The van der Waals surface area contributed by atoms with Crippen LogP contribution in [0.25, 0.3) is 0 Å². The van der Waals surface area contributed by atoms with E-state index in [0.29, 0.717) is 19.3 Å². The number of nitrogens with one attached hydrogen (secondary N) is 2. The van der Waals surface area contributed by atoms with Crippen molar-refractivity contribution >= 4 is 5.91 Å². The minimum atomic E-state index is -4.36. The lowest BCUT2D eigenvalue weighted by Gasteiger charge is -2.20. The van der Waals surface area contributed by atoms with Gasteiger partial charge in [0, 0.05) is 18.0 Å². The van der Waals surface area contributed by atoms with E-state index in [-0.39, 0.29) is 0 Å². The summed E-state index contributed by atoms with van der Waals surface area (Å²) < 4.78 is 35.8. The number of aryl methyl sites for hydroxylation is 1. The number of nitrogens with zero attached hydrogens (tertiary/aromatic N) is 1. The van der Waals surface area contributed by atoms with Gasteiger partial charge in [-0.1, -0.05) is 0 Å². The highest BCUT2D eigenvalue weighted by Gasteiger charge is 2.31. The highest BCUT2D eigenvalue weighted by Crippen LogP contribution is 2.23. The minimum Gasteiger partial charge on any atom is -0.348 e. The van der Waals surface area contributed by atoms with Crippen LogP contribution in [-0.2, 0) is 17.6 Å². The lowest BCUT2D eigenvalue weighted by molar-refractivity contribution is -0.141. The van der Waals surface area contributed by atoms with E-state index in [1.807, 2.05) is 5.32 Å². The molecule has 1 amide bonds. The van der Waals surface area contributed by atoms with Crippen molar-refractivity contribution in [2.75, 3.05) is 6.54 Å². The Morgan fingerprint density at radius 3 is 3.06 bits per heavy atom. The number of carbonyl (C=O) groups is 1. The molecular weight excluding hydrogens is 235 g/mol. The number of aromatic amines is 1. The van der Waals surface area contributed by atoms with Crippen molar-refractivity contribution in [2.24, 2.45) is 5.92 Å². The summed E-state index contributed by atoms with van der Waals surface area (Å²) in [6.45, 7) is -1.27. The van der Waals surface area contributed by atoms with Crippen LogP contribution in [0.2, 0.25) is 0 Å². The quantitative estimate of drug-likeness (QED) is 0.824. The number of H-pyrrole nitrogens is 1. The number of halogens is 3. The second-order valence-electron chi connectivity index (χ2n) is 4.10. The number of amides is 1. The van der Waals surface area contributed by atoms with Crippen LogP contribution >= 0.6 is 0 Å². The minimum absolute atomic E-state index is 0.398. The summed E-state index contributed by atoms with van der Waals surface area (Å²) in [5.74, 6) is -0.937. The van der Waals surface area contributed by atoms with Crippen LogP contribution in [0.5, 0.6) is 0 Å². The Labute approximate surface area is 95.6 Å². The molecule has 0 radical (unpaired) electrons. The Bertz CT molecular complexity index is 413. The van der Waals surface area contributed by atoms with Crippen LogP contribution in [0, 0.1) is 5.92 Å². The largest absolute Gasteiger partial charge is 0.405 e. The number of imidazole rings is 1. The topological polar surface area (TPSA) is 57.8 Å². The van der Waals surface area contributed by atoms with Gasteiger partial charge in [-0.15, -0.1) is 0 Å². The average molecular weight is 247 g/mol. The molecule has 1 aliphatic carbocycles. The summed E-state index contributed by atoms with van der Waals surface area (Å²) in [5.41, 5.74) is 1.76. The fourth-order valence-corrected chi connectivity index (χ4v) is 1.96. The first-order chi connectivity index (χ1) is 7.96. The van der Waals surface area contributed by atoms with Crippen LogP contribution in [0.3, 0.4) is 0 Å². The predicted octanol–water partition coefficient (Wildman–Crippen LogP) is 1.19. The third-order valence-corrected chi connectivity index (χ3v) is 2.82. The Balaban J connectivity index is 1.90. The Morgan fingerprint density at radius 1 is 1.59 bits per heavy atom. The monoisotopic (exact) mass is 247 g/mol. The second-order valence-corrected chi connectivity index (χ2v) is 4.10. The van der Waals surface area contributed by atoms with Crippen molar-refractivity contribution in [1.82, 2.24) is 15.3 Å². The number of rotatable bonds is 2. The molecule has 4 nitrogen and oxygen atoms in total. The standard InChI is InChI=1S/C10H12F3N3O/c11-10(12,13)4-14-9(17)6-1-2-7-8(3-6)16-5-15-7/h5-6H,1-4H2,(H,14,17)(H,15,16)/t6-/m1/s1. The van der Waals surface area contributed by atoms with Gasteiger partial charge in [-0.05, 0) is 12.8 Å². The van der Waals surface area contributed by atoms with Crippen molar-refractivity contribution in [1.29, 1.82) is 0 Å². The van der Waals surface area contributed by atoms with Crippen molar-refractivity contribution < 1.29 is 18.0 Å². The van der Waals surface area contributed by atoms with E-state index in [2.05, 4.69) is 9.97 Å². The third kappa shape index (κ3) is 2.98. The first-order valence-electron chi connectivity index (χ1n) is 5.31. The van der Waals surface area contributed by atoms with Gasteiger partial charge in [0.05, 0.1) is 12.0 Å². The first kappa shape index (κ1) is 11.9. The summed E-state index contributed by atoms with van der Waals surface area (Å²) in [5, 5.41) is 1.92. The van der Waals surface area contributed by atoms with Gasteiger partial charge in [0.15, 0.2) is 0 Å². The fourth-order valence-electron chi connectivity index (χ4n) is 1.96. The summed E-state index contributed by atoms with van der Waals surface area (Å²) in [6, 6.07) is 0. The summed E-state index contributed by atoms with van der Waals surface area (Å²) in [4.78, 5) is 18.5. The van der Waals surface area contributed by atoms with Crippen LogP contribution in [0.1, 0.15) is 17.8 Å². The van der Waals surface area contributed by atoms with Crippen molar-refractivity contribution in [3.05, 3.63) is 17.7 Å². The van der Waals surface area contributed by atoms with Gasteiger partial charge in [-0.25, -0.2) is 4.98 Å². The maximum Gasteiger partial charge on any atom is 0.405 e. The predicted molar refractivity (Wildman–Crippen MR) is 53.2 cm³/mol. The fraction of sp³-hybridized carbons (Fsp3) is 0.600. The van der Waals surface area contributed by atoms with Gasteiger partial charge in [0.25, 0.3) is 0 Å². The molecule has 0 saturated carbocycles. The molecule has 1 aromatic rings. The lowest BCUT2D eigenvalue weighted by Crippen LogP contribution is -2.39. The normalized spacial score (nSPS) is 19.8. The molecule has 1 atom stereocenters. The van der Waals surface area contributed by atoms with E-state index >= 15 is 0 Å². The van der Waals surface area contributed by atoms with Gasteiger partial charge in [-0.3, -0.25) is 4.79 Å². The molecule has 0 unspecified atom stereocenters. The van der Waals surface area contributed by atoms with Crippen LogP contribution in [0.4, 0.5) is 13.2 Å². The molecule has 2 rings (SSSR count). The maximum absolute atomic E-state index is 11.9. The van der Waals surface area contributed by atoms with Crippen molar-refractivity contribution in [3.8, 4) is 0 Å². The number of aromatic nitrogens is 2.